The Balaban J connectivity index is 1.12. The first-order valence-corrected chi connectivity index (χ1v) is 16.7. The van der Waals surface area contributed by atoms with E-state index in [9.17, 15) is 35.5 Å². The van der Waals surface area contributed by atoms with Crippen molar-refractivity contribution in [3.05, 3.63) is 22.8 Å². The van der Waals surface area contributed by atoms with Gasteiger partial charge in [-0.2, -0.15) is 30.7 Å². The van der Waals surface area contributed by atoms with Crippen LogP contribution < -0.4 is 0 Å². The average molecular weight is 622 g/mol. The Morgan fingerprint density at radius 3 is 2.23 bits per heavy atom. The van der Waals surface area contributed by atoms with E-state index in [-0.39, 0.29) is 11.3 Å². The molecule has 0 aromatic heterocycles. The molecule has 43 heavy (non-hydrogen) atoms. The quantitative estimate of drug-likeness (QED) is 0.140. The second-order valence-corrected chi connectivity index (χ2v) is 14.1. The topological polar surface area (TPSA) is 20.3 Å². The Morgan fingerprint density at radius 1 is 0.907 bits per heavy atom. The van der Waals surface area contributed by atoms with E-state index in [1.807, 2.05) is 5.57 Å². The number of amides is 1. The van der Waals surface area contributed by atoms with E-state index in [1.54, 1.807) is 11.1 Å². The van der Waals surface area contributed by atoms with Gasteiger partial charge in [0.25, 0.3) is 0 Å². The standard InChI is InChI=1S/C34H50F7NO/c1-31-21-13-17-28(31)27-20-19-24-14-11-12-16-26(24)30(27)25(22-31)15-9-7-5-3-4-6-8-10-18-29(43)42(2)23-32(35,36)33(37,38)34(39,40)41/h14,25,27-28H,3-13,15-23H2,1-2H3/t25-,27-,28-,31-/m0/s1. The maximum atomic E-state index is 13.6. The Hall–Kier alpha value is -1.54. The lowest BCUT2D eigenvalue weighted by molar-refractivity contribution is -0.355. The largest absolute Gasteiger partial charge is 0.459 e. The van der Waals surface area contributed by atoms with Gasteiger partial charge < -0.3 is 4.90 Å². The molecular weight excluding hydrogens is 571 g/mol. The Labute approximate surface area is 252 Å². The van der Waals surface area contributed by atoms with E-state index in [2.05, 4.69) is 13.0 Å². The van der Waals surface area contributed by atoms with Crippen molar-refractivity contribution in [2.24, 2.45) is 23.2 Å². The van der Waals surface area contributed by atoms with Crippen LogP contribution in [0.5, 0.6) is 0 Å². The third kappa shape index (κ3) is 7.65. The van der Waals surface area contributed by atoms with Gasteiger partial charge in [-0.1, -0.05) is 69.9 Å². The Bertz CT molecular complexity index is 1030. The zero-order chi connectivity index (χ0) is 31.5. The SMILES string of the molecule is CN(CC(F)(F)C(F)(F)C(F)(F)F)C(=O)CCCCCCCCCC[C@H]1C[C@]2(C)CCC[C@H]2[C@@H]2CCC3=CCCCC3=C12. The van der Waals surface area contributed by atoms with Gasteiger partial charge in [-0.15, -0.1) is 0 Å². The van der Waals surface area contributed by atoms with Gasteiger partial charge in [-0.25, -0.2) is 0 Å². The van der Waals surface area contributed by atoms with E-state index in [0.717, 1.165) is 50.5 Å². The van der Waals surface area contributed by atoms with Crippen LogP contribution >= 0.6 is 0 Å². The fourth-order valence-corrected chi connectivity index (χ4v) is 8.82. The summed E-state index contributed by atoms with van der Waals surface area (Å²) in [4.78, 5) is 12.3. The predicted octanol–water partition coefficient (Wildman–Crippen LogP) is 10.8. The van der Waals surface area contributed by atoms with E-state index >= 15 is 0 Å². The molecule has 0 spiro atoms. The molecule has 0 aliphatic heterocycles. The van der Waals surface area contributed by atoms with E-state index in [0.29, 0.717) is 18.3 Å². The van der Waals surface area contributed by atoms with Crippen molar-refractivity contribution in [3.8, 4) is 0 Å². The molecule has 9 heteroatoms. The van der Waals surface area contributed by atoms with Crippen molar-refractivity contribution in [3.63, 3.8) is 0 Å². The summed E-state index contributed by atoms with van der Waals surface area (Å²) in [7, 11) is 0.832. The molecule has 2 fully saturated rings. The van der Waals surface area contributed by atoms with Crippen LogP contribution in [0, 0.1) is 23.2 Å². The highest BCUT2D eigenvalue weighted by molar-refractivity contribution is 5.75. The summed E-state index contributed by atoms with van der Waals surface area (Å²) in [6.45, 7) is 0.592. The average Bonchev–Trinajstić information content (AvgIpc) is 3.33. The number of hydrogen-bond donors (Lipinski definition) is 0. The molecule has 0 bridgehead atoms. The normalized spacial score (nSPS) is 27.8. The summed E-state index contributed by atoms with van der Waals surface area (Å²) in [5.74, 6) is -10.0. The monoisotopic (exact) mass is 621 g/mol. The molecule has 0 saturated heterocycles. The maximum Gasteiger partial charge on any atom is 0.459 e. The van der Waals surface area contributed by atoms with Crippen LogP contribution in [0.3, 0.4) is 0 Å². The molecule has 0 aromatic carbocycles. The van der Waals surface area contributed by atoms with Gasteiger partial charge in [0.05, 0.1) is 6.54 Å². The van der Waals surface area contributed by atoms with Crippen LogP contribution in [0.1, 0.15) is 129 Å². The lowest BCUT2D eigenvalue weighted by Gasteiger charge is -2.51. The number of fused-ring (bicyclic) bond motifs is 4. The summed E-state index contributed by atoms with van der Waals surface area (Å²) in [5.41, 5.74) is 5.79. The summed E-state index contributed by atoms with van der Waals surface area (Å²) in [5, 5.41) is 0. The molecule has 4 rings (SSSR count). The molecule has 0 heterocycles. The Kier molecular flexibility index (Phi) is 11.1. The fraction of sp³-hybridized carbons (Fsp3) is 0.853. The van der Waals surface area contributed by atoms with Gasteiger partial charge in [-0.05, 0) is 98.5 Å². The zero-order valence-electron chi connectivity index (χ0n) is 26.0. The van der Waals surface area contributed by atoms with Crippen LogP contribution in [0.25, 0.3) is 0 Å². The maximum absolute atomic E-state index is 13.6. The van der Waals surface area contributed by atoms with Gasteiger partial charge in [0.2, 0.25) is 5.91 Å². The second-order valence-electron chi connectivity index (χ2n) is 14.1. The van der Waals surface area contributed by atoms with Crippen molar-refractivity contribution >= 4 is 5.91 Å². The summed E-state index contributed by atoms with van der Waals surface area (Å²) < 4.78 is 90.3. The summed E-state index contributed by atoms with van der Waals surface area (Å²) in [6, 6.07) is 0. The first-order chi connectivity index (χ1) is 20.2. The van der Waals surface area contributed by atoms with Crippen molar-refractivity contribution in [2.45, 2.75) is 147 Å². The molecule has 0 aromatic rings. The fourth-order valence-electron chi connectivity index (χ4n) is 8.82. The molecule has 2 nitrogen and oxygen atoms in total. The van der Waals surface area contributed by atoms with Crippen LogP contribution in [0.15, 0.2) is 22.8 Å². The van der Waals surface area contributed by atoms with E-state index in [4.69, 9.17) is 0 Å². The minimum Gasteiger partial charge on any atom is -0.339 e. The molecule has 246 valence electrons. The van der Waals surface area contributed by atoms with Gasteiger partial charge in [-0.3, -0.25) is 4.79 Å². The molecule has 0 radical (unpaired) electrons. The third-order valence-corrected chi connectivity index (χ3v) is 11.0. The number of carbonyl (C=O) groups excluding carboxylic acids is 1. The smallest absolute Gasteiger partial charge is 0.339 e. The summed E-state index contributed by atoms with van der Waals surface area (Å²) >= 11 is 0. The van der Waals surface area contributed by atoms with Crippen LogP contribution in [0.2, 0.25) is 0 Å². The lowest BCUT2D eigenvalue weighted by Crippen LogP contribution is -2.57. The molecule has 4 aliphatic carbocycles. The molecule has 4 aliphatic rings. The number of alkyl halides is 7. The number of rotatable bonds is 14. The minimum atomic E-state index is -6.39. The molecule has 0 unspecified atom stereocenters. The van der Waals surface area contributed by atoms with E-state index in [1.165, 1.54) is 77.0 Å². The van der Waals surface area contributed by atoms with Crippen molar-refractivity contribution in [1.82, 2.24) is 4.90 Å². The molecule has 0 N–H and O–H groups in total. The molecule has 4 atom stereocenters. The second kappa shape index (κ2) is 13.8. The number of hydrogen-bond acceptors (Lipinski definition) is 1. The molecular formula is C34H50F7NO. The van der Waals surface area contributed by atoms with Gasteiger partial charge in [0.1, 0.15) is 0 Å². The number of allylic oxidation sites excluding steroid dienone is 4. The third-order valence-electron chi connectivity index (χ3n) is 11.0. The highest BCUT2D eigenvalue weighted by Crippen LogP contribution is 2.62. The minimum absolute atomic E-state index is 0.152. The highest BCUT2D eigenvalue weighted by Gasteiger charge is 2.73. The molecule has 2 saturated carbocycles. The van der Waals surface area contributed by atoms with Crippen molar-refractivity contribution < 1.29 is 35.5 Å². The van der Waals surface area contributed by atoms with Crippen LogP contribution in [-0.2, 0) is 4.79 Å². The van der Waals surface area contributed by atoms with Crippen LogP contribution in [0.4, 0.5) is 30.7 Å². The number of carbonyl (C=O) groups is 1. The number of halogens is 7. The lowest BCUT2D eigenvalue weighted by atomic mass is 9.54. The number of unbranched alkanes of at least 4 members (excludes halogenated alkanes) is 7. The van der Waals surface area contributed by atoms with Crippen molar-refractivity contribution in [1.29, 1.82) is 0 Å². The van der Waals surface area contributed by atoms with Gasteiger partial charge >= 0.3 is 18.0 Å². The van der Waals surface area contributed by atoms with Crippen LogP contribution in [-0.4, -0.2) is 42.4 Å². The number of nitrogens with zero attached hydrogens (tertiary/aromatic N) is 1. The highest BCUT2D eigenvalue weighted by atomic mass is 19.4. The summed E-state index contributed by atoms with van der Waals surface area (Å²) in [6.07, 6.45) is 16.9. The van der Waals surface area contributed by atoms with Gasteiger partial charge in [0.15, 0.2) is 0 Å². The first kappa shape index (κ1) is 34.3. The van der Waals surface area contributed by atoms with Gasteiger partial charge in [0, 0.05) is 13.5 Å². The Morgan fingerprint density at radius 2 is 1.56 bits per heavy atom. The van der Waals surface area contributed by atoms with Crippen molar-refractivity contribution in [2.75, 3.05) is 13.6 Å². The predicted molar refractivity (Wildman–Crippen MR) is 155 cm³/mol. The first-order valence-electron chi connectivity index (χ1n) is 16.7. The van der Waals surface area contributed by atoms with E-state index < -0.39 is 30.5 Å². The molecule has 1 amide bonds. The zero-order valence-corrected chi connectivity index (χ0v) is 26.0.